The van der Waals surface area contributed by atoms with Crippen molar-refractivity contribution < 1.29 is 9.47 Å². The molecule has 25 heavy (non-hydrogen) atoms. The van der Waals surface area contributed by atoms with Crippen LogP contribution in [0.3, 0.4) is 0 Å². The molecule has 0 atom stereocenters. The van der Waals surface area contributed by atoms with E-state index in [0.717, 1.165) is 26.4 Å². The van der Waals surface area contributed by atoms with Crippen molar-refractivity contribution in [3.05, 3.63) is 0 Å². The zero-order valence-corrected chi connectivity index (χ0v) is 17.8. The largest absolute Gasteiger partial charge is 0.381 e. The minimum absolute atomic E-state index is 0.483. The molecule has 2 heteroatoms. The Morgan fingerprint density at radius 2 is 0.800 bits per heavy atom. The number of hydrogen-bond donors (Lipinski definition) is 0. The molecule has 2 fully saturated rings. The van der Waals surface area contributed by atoms with Crippen LogP contribution in [0.4, 0.5) is 0 Å². The van der Waals surface area contributed by atoms with Crippen LogP contribution in [0.5, 0.6) is 0 Å². The summed E-state index contributed by atoms with van der Waals surface area (Å²) in [7, 11) is 0. The summed E-state index contributed by atoms with van der Waals surface area (Å²) in [5.74, 6) is 0. The Balaban J connectivity index is 0.000000251. The SMILES string of the molecule is CCOCC1(C)CCCCCC1.CCOCC1(C)CCCCCCC1. The molecule has 0 heterocycles. The average molecular weight is 355 g/mol. The van der Waals surface area contributed by atoms with Crippen LogP contribution in [0, 0.1) is 10.8 Å². The molecule has 0 unspecified atom stereocenters. The van der Waals surface area contributed by atoms with Gasteiger partial charge in [-0.25, -0.2) is 0 Å². The lowest BCUT2D eigenvalue weighted by molar-refractivity contribution is 0.0444. The summed E-state index contributed by atoms with van der Waals surface area (Å²) in [5.41, 5.74) is 0.975. The van der Waals surface area contributed by atoms with E-state index < -0.39 is 0 Å². The van der Waals surface area contributed by atoms with Crippen LogP contribution in [0.2, 0.25) is 0 Å². The summed E-state index contributed by atoms with van der Waals surface area (Å²) in [6.45, 7) is 12.6. The second-order valence-corrected chi connectivity index (χ2v) is 9.08. The molecule has 0 amide bonds. The monoisotopic (exact) mass is 354 g/mol. The molecular formula is C23H46O2. The second-order valence-electron chi connectivity index (χ2n) is 9.08. The number of rotatable bonds is 6. The van der Waals surface area contributed by atoms with Crippen molar-refractivity contribution in [3.8, 4) is 0 Å². The van der Waals surface area contributed by atoms with Gasteiger partial charge in [0.1, 0.15) is 0 Å². The normalized spacial score (nSPS) is 23.5. The van der Waals surface area contributed by atoms with Crippen LogP contribution in [0.25, 0.3) is 0 Å². The first-order chi connectivity index (χ1) is 12.0. The van der Waals surface area contributed by atoms with Crippen LogP contribution >= 0.6 is 0 Å². The highest BCUT2D eigenvalue weighted by Crippen LogP contribution is 2.35. The summed E-state index contributed by atoms with van der Waals surface area (Å²) < 4.78 is 11.1. The van der Waals surface area contributed by atoms with Gasteiger partial charge in [-0.1, -0.05) is 71.6 Å². The average Bonchev–Trinajstić information content (AvgIpc) is 2.81. The molecule has 2 rings (SSSR count). The van der Waals surface area contributed by atoms with Crippen molar-refractivity contribution in [1.82, 2.24) is 0 Å². The molecule has 0 radical (unpaired) electrons. The summed E-state index contributed by atoms with van der Waals surface area (Å²) in [6, 6.07) is 0. The van der Waals surface area contributed by atoms with E-state index >= 15 is 0 Å². The molecule has 2 nitrogen and oxygen atoms in total. The number of hydrogen-bond acceptors (Lipinski definition) is 2. The van der Waals surface area contributed by atoms with Gasteiger partial charge in [-0.05, 0) is 50.4 Å². The molecule has 0 spiro atoms. The van der Waals surface area contributed by atoms with E-state index in [1.807, 2.05) is 0 Å². The van der Waals surface area contributed by atoms with E-state index in [-0.39, 0.29) is 0 Å². The summed E-state index contributed by atoms with van der Waals surface area (Å²) in [5, 5.41) is 0. The molecule has 0 saturated heterocycles. The van der Waals surface area contributed by atoms with E-state index in [2.05, 4.69) is 27.7 Å². The number of ether oxygens (including phenoxy) is 2. The van der Waals surface area contributed by atoms with Crippen LogP contribution in [0.1, 0.15) is 111 Å². The Hall–Kier alpha value is -0.0800. The second kappa shape index (κ2) is 13.1. The lowest BCUT2D eigenvalue weighted by Crippen LogP contribution is -2.24. The highest BCUT2D eigenvalue weighted by molar-refractivity contribution is 4.77. The molecule has 2 saturated carbocycles. The molecule has 0 aliphatic heterocycles. The van der Waals surface area contributed by atoms with Gasteiger partial charge in [0, 0.05) is 13.2 Å². The van der Waals surface area contributed by atoms with Crippen LogP contribution < -0.4 is 0 Å². The van der Waals surface area contributed by atoms with Crippen molar-refractivity contribution in [2.24, 2.45) is 10.8 Å². The predicted octanol–water partition coefficient (Wildman–Crippen LogP) is 7.16. The Morgan fingerprint density at radius 1 is 0.520 bits per heavy atom. The minimum Gasteiger partial charge on any atom is -0.381 e. The molecule has 0 bridgehead atoms. The van der Waals surface area contributed by atoms with Crippen molar-refractivity contribution >= 4 is 0 Å². The van der Waals surface area contributed by atoms with Gasteiger partial charge in [0.05, 0.1) is 13.2 Å². The first kappa shape index (κ1) is 23.0. The maximum atomic E-state index is 5.57. The molecule has 0 aromatic carbocycles. The third-order valence-corrected chi connectivity index (χ3v) is 6.18. The first-order valence-electron chi connectivity index (χ1n) is 11.2. The third-order valence-electron chi connectivity index (χ3n) is 6.18. The fourth-order valence-corrected chi connectivity index (χ4v) is 4.33. The smallest absolute Gasteiger partial charge is 0.0519 e. The molecule has 0 N–H and O–H groups in total. The molecule has 2 aliphatic rings. The van der Waals surface area contributed by atoms with Crippen molar-refractivity contribution in [1.29, 1.82) is 0 Å². The Labute approximate surface area is 158 Å². The Bertz CT molecular complexity index is 292. The Kier molecular flexibility index (Phi) is 12.1. The fourth-order valence-electron chi connectivity index (χ4n) is 4.33. The molecule has 0 aromatic heterocycles. The maximum absolute atomic E-state index is 5.57. The van der Waals surface area contributed by atoms with Crippen LogP contribution in [-0.4, -0.2) is 26.4 Å². The summed E-state index contributed by atoms with van der Waals surface area (Å²) >= 11 is 0. The summed E-state index contributed by atoms with van der Waals surface area (Å²) in [6.07, 6.45) is 18.3. The molecule has 2 aliphatic carbocycles. The Morgan fingerprint density at radius 3 is 1.08 bits per heavy atom. The highest BCUT2D eigenvalue weighted by atomic mass is 16.5. The fraction of sp³-hybridized carbons (Fsp3) is 1.00. The third kappa shape index (κ3) is 10.6. The van der Waals surface area contributed by atoms with Gasteiger partial charge in [0.25, 0.3) is 0 Å². The van der Waals surface area contributed by atoms with Gasteiger partial charge in [0.2, 0.25) is 0 Å². The van der Waals surface area contributed by atoms with Crippen molar-refractivity contribution in [2.75, 3.05) is 26.4 Å². The summed E-state index contributed by atoms with van der Waals surface area (Å²) in [4.78, 5) is 0. The van der Waals surface area contributed by atoms with Gasteiger partial charge >= 0.3 is 0 Å². The van der Waals surface area contributed by atoms with Gasteiger partial charge < -0.3 is 9.47 Å². The quantitative estimate of drug-likeness (QED) is 0.471. The van der Waals surface area contributed by atoms with Crippen molar-refractivity contribution in [3.63, 3.8) is 0 Å². The topological polar surface area (TPSA) is 18.5 Å². The lowest BCUT2D eigenvalue weighted by atomic mass is 9.78. The van der Waals surface area contributed by atoms with E-state index in [1.165, 1.54) is 83.5 Å². The van der Waals surface area contributed by atoms with E-state index in [1.54, 1.807) is 0 Å². The van der Waals surface area contributed by atoms with Gasteiger partial charge in [-0.15, -0.1) is 0 Å². The molecule has 150 valence electrons. The van der Waals surface area contributed by atoms with Crippen LogP contribution in [0.15, 0.2) is 0 Å². The standard InChI is InChI=1S/C12H24O.C11H22O/c1-3-13-11-12(2)9-7-5-4-6-8-10-12;1-3-12-10-11(2)8-6-4-5-7-9-11/h3-11H2,1-2H3;3-10H2,1-2H3. The van der Waals surface area contributed by atoms with Gasteiger partial charge in [-0.2, -0.15) is 0 Å². The minimum atomic E-state index is 0.483. The van der Waals surface area contributed by atoms with E-state index in [9.17, 15) is 0 Å². The van der Waals surface area contributed by atoms with Crippen LogP contribution in [-0.2, 0) is 9.47 Å². The first-order valence-corrected chi connectivity index (χ1v) is 11.2. The zero-order chi connectivity index (χ0) is 18.4. The highest BCUT2D eigenvalue weighted by Gasteiger charge is 2.25. The zero-order valence-electron chi connectivity index (χ0n) is 17.8. The van der Waals surface area contributed by atoms with Gasteiger partial charge in [0.15, 0.2) is 0 Å². The maximum Gasteiger partial charge on any atom is 0.0519 e. The van der Waals surface area contributed by atoms with Crippen molar-refractivity contribution in [2.45, 2.75) is 111 Å². The molecule has 0 aromatic rings. The van der Waals surface area contributed by atoms with E-state index in [0.29, 0.717) is 10.8 Å². The van der Waals surface area contributed by atoms with E-state index in [4.69, 9.17) is 9.47 Å². The lowest BCUT2D eigenvalue weighted by Gasteiger charge is -2.31. The molecular weight excluding hydrogens is 308 g/mol. The predicted molar refractivity (Wildman–Crippen MR) is 109 cm³/mol. The van der Waals surface area contributed by atoms with Gasteiger partial charge in [-0.3, -0.25) is 0 Å².